The second-order valence-electron chi connectivity index (χ2n) is 1.88. The highest BCUT2D eigenvalue weighted by Gasteiger charge is 2.02. The number of carbonyl (C=O) groups is 1. The predicted octanol–water partition coefficient (Wildman–Crippen LogP) is 1.28. The molecule has 12 heavy (non-hydrogen) atoms. The van der Waals surface area contributed by atoms with Crippen LogP contribution in [0.15, 0.2) is 18.9 Å². The van der Waals surface area contributed by atoms with Gasteiger partial charge in [-0.05, 0) is 6.08 Å². The fourth-order valence-corrected chi connectivity index (χ4v) is 1.20. The average molecular weight is 184 g/mol. The quantitative estimate of drug-likeness (QED) is 0.720. The molecule has 0 aromatic carbocycles. The second kappa shape index (κ2) is 3.87. The van der Waals surface area contributed by atoms with Crippen molar-refractivity contribution < 1.29 is 9.53 Å². The number of anilines is 1. The van der Waals surface area contributed by atoms with E-state index < -0.39 is 0 Å². The van der Waals surface area contributed by atoms with Crippen LogP contribution in [-0.2, 0) is 4.79 Å². The van der Waals surface area contributed by atoms with Crippen molar-refractivity contribution in [3.63, 3.8) is 0 Å². The van der Waals surface area contributed by atoms with Gasteiger partial charge in [-0.3, -0.25) is 10.1 Å². The minimum atomic E-state index is -0.271. The van der Waals surface area contributed by atoms with E-state index in [4.69, 9.17) is 4.74 Å². The van der Waals surface area contributed by atoms with Crippen molar-refractivity contribution in [2.24, 2.45) is 0 Å². The molecule has 0 saturated carbocycles. The summed E-state index contributed by atoms with van der Waals surface area (Å²) in [4.78, 5) is 14.7. The molecule has 64 valence electrons. The number of ether oxygens (including phenoxy) is 1. The Bertz CT molecular complexity index is 295. The van der Waals surface area contributed by atoms with E-state index in [1.807, 2.05) is 0 Å². The normalized spacial score (nSPS) is 9.08. The molecule has 0 aliphatic heterocycles. The third-order valence-corrected chi connectivity index (χ3v) is 1.98. The number of carbonyl (C=O) groups excluding carboxylic acids is 1. The number of methoxy groups -OCH3 is 1. The third kappa shape index (κ3) is 2.06. The standard InChI is InChI=1S/C7H8N2O2S/c1-3-5(10)9-7-8-4-6(11-2)12-7/h3-4H,1H2,2H3,(H,8,9,10). The molecule has 1 aromatic rings. The topological polar surface area (TPSA) is 51.2 Å². The van der Waals surface area contributed by atoms with Crippen LogP contribution in [0, 0.1) is 0 Å². The number of nitrogens with zero attached hydrogens (tertiary/aromatic N) is 1. The lowest BCUT2D eigenvalue weighted by Crippen LogP contribution is -2.06. The van der Waals surface area contributed by atoms with Crippen LogP contribution in [-0.4, -0.2) is 18.0 Å². The first-order valence-electron chi connectivity index (χ1n) is 3.19. The zero-order chi connectivity index (χ0) is 8.97. The number of nitrogens with one attached hydrogen (secondary N) is 1. The van der Waals surface area contributed by atoms with Gasteiger partial charge in [0.05, 0.1) is 13.3 Å². The van der Waals surface area contributed by atoms with Gasteiger partial charge >= 0.3 is 0 Å². The molecule has 1 amide bonds. The second-order valence-corrected chi connectivity index (χ2v) is 2.88. The number of amides is 1. The number of hydrogen-bond donors (Lipinski definition) is 1. The number of rotatable bonds is 3. The zero-order valence-corrected chi connectivity index (χ0v) is 7.35. The summed E-state index contributed by atoms with van der Waals surface area (Å²) >= 11 is 1.26. The van der Waals surface area contributed by atoms with Crippen LogP contribution in [0.25, 0.3) is 0 Å². The Labute approximate surface area is 73.9 Å². The van der Waals surface area contributed by atoms with E-state index in [9.17, 15) is 4.79 Å². The number of aromatic nitrogens is 1. The van der Waals surface area contributed by atoms with E-state index in [2.05, 4.69) is 16.9 Å². The van der Waals surface area contributed by atoms with Gasteiger partial charge in [-0.15, -0.1) is 0 Å². The van der Waals surface area contributed by atoms with E-state index in [1.165, 1.54) is 17.4 Å². The van der Waals surface area contributed by atoms with E-state index in [0.717, 1.165) is 0 Å². The van der Waals surface area contributed by atoms with Crippen molar-refractivity contribution in [3.05, 3.63) is 18.9 Å². The molecule has 0 bridgehead atoms. The lowest BCUT2D eigenvalue weighted by molar-refractivity contribution is -0.111. The molecule has 1 heterocycles. The Morgan fingerprint density at radius 3 is 3.17 bits per heavy atom. The summed E-state index contributed by atoms with van der Waals surface area (Å²) in [6.07, 6.45) is 2.73. The molecule has 0 aliphatic carbocycles. The molecule has 1 aromatic heterocycles. The Kier molecular flexibility index (Phi) is 2.82. The lowest BCUT2D eigenvalue weighted by Gasteiger charge is -1.93. The van der Waals surface area contributed by atoms with Gasteiger partial charge in [0.2, 0.25) is 5.91 Å². The molecule has 5 heteroatoms. The monoisotopic (exact) mass is 184 g/mol. The molecule has 0 aliphatic rings. The third-order valence-electron chi connectivity index (χ3n) is 1.10. The number of thiazole rings is 1. The molecular formula is C7H8N2O2S. The van der Waals surface area contributed by atoms with Crippen molar-refractivity contribution in [3.8, 4) is 5.06 Å². The molecule has 1 rings (SSSR count). The van der Waals surface area contributed by atoms with Crippen LogP contribution in [0.3, 0.4) is 0 Å². The molecule has 0 fully saturated rings. The lowest BCUT2D eigenvalue weighted by atomic mass is 10.6. The minimum absolute atomic E-state index is 0.271. The highest BCUT2D eigenvalue weighted by atomic mass is 32.1. The summed E-state index contributed by atoms with van der Waals surface area (Å²) in [5.41, 5.74) is 0. The van der Waals surface area contributed by atoms with Crippen molar-refractivity contribution >= 4 is 22.4 Å². The largest absolute Gasteiger partial charge is 0.486 e. The highest BCUT2D eigenvalue weighted by molar-refractivity contribution is 7.17. The Balaban J connectivity index is 2.63. The van der Waals surface area contributed by atoms with Gasteiger partial charge in [0, 0.05) is 0 Å². The maximum atomic E-state index is 10.8. The Morgan fingerprint density at radius 1 is 1.92 bits per heavy atom. The van der Waals surface area contributed by atoms with Gasteiger partial charge < -0.3 is 4.74 Å². The molecule has 1 N–H and O–H groups in total. The fourth-order valence-electron chi connectivity index (χ4n) is 0.568. The summed E-state index contributed by atoms with van der Waals surface area (Å²) in [5.74, 6) is -0.271. The van der Waals surface area contributed by atoms with Crippen LogP contribution >= 0.6 is 11.3 Å². The summed E-state index contributed by atoms with van der Waals surface area (Å²) in [5, 5.41) is 3.69. The van der Waals surface area contributed by atoms with Crippen LogP contribution in [0.1, 0.15) is 0 Å². The van der Waals surface area contributed by atoms with E-state index in [-0.39, 0.29) is 5.91 Å². The first-order chi connectivity index (χ1) is 5.76. The molecule has 0 radical (unpaired) electrons. The van der Waals surface area contributed by atoms with Crippen LogP contribution in [0.2, 0.25) is 0 Å². The maximum absolute atomic E-state index is 10.8. The van der Waals surface area contributed by atoms with Gasteiger partial charge in [-0.2, -0.15) is 0 Å². The van der Waals surface area contributed by atoms with Gasteiger partial charge in [-0.25, -0.2) is 4.98 Å². The van der Waals surface area contributed by atoms with Crippen LogP contribution in [0.5, 0.6) is 5.06 Å². The summed E-state index contributed by atoms with van der Waals surface area (Å²) < 4.78 is 4.89. The van der Waals surface area contributed by atoms with Gasteiger partial charge in [-0.1, -0.05) is 17.9 Å². The van der Waals surface area contributed by atoms with Gasteiger partial charge in [0.25, 0.3) is 0 Å². The fraction of sp³-hybridized carbons (Fsp3) is 0.143. The smallest absolute Gasteiger partial charge is 0.249 e. The van der Waals surface area contributed by atoms with Gasteiger partial charge in [0.1, 0.15) is 0 Å². The Morgan fingerprint density at radius 2 is 2.67 bits per heavy atom. The first kappa shape index (κ1) is 8.73. The number of hydrogen-bond acceptors (Lipinski definition) is 4. The van der Waals surface area contributed by atoms with Crippen molar-refractivity contribution in [1.29, 1.82) is 0 Å². The Hall–Kier alpha value is -1.36. The average Bonchev–Trinajstić information content (AvgIpc) is 2.52. The van der Waals surface area contributed by atoms with E-state index >= 15 is 0 Å². The summed E-state index contributed by atoms with van der Waals surface area (Å²) in [7, 11) is 1.55. The minimum Gasteiger partial charge on any atom is -0.486 e. The molecule has 0 saturated heterocycles. The molecule has 0 atom stereocenters. The predicted molar refractivity (Wildman–Crippen MR) is 47.5 cm³/mol. The molecule has 0 unspecified atom stereocenters. The maximum Gasteiger partial charge on any atom is 0.249 e. The molecular weight excluding hydrogens is 176 g/mol. The highest BCUT2D eigenvalue weighted by Crippen LogP contribution is 2.24. The van der Waals surface area contributed by atoms with Crippen LogP contribution in [0.4, 0.5) is 5.13 Å². The van der Waals surface area contributed by atoms with Crippen molar-refractivity contribution in [2.45, 2.75) is 0 Å². The summed E-state index contributed by atoms with van der Waals surface area (Å²) in [6.45, 7) is 3.32. The SMILES string of the molecule is C=CC(=O)Nc1ncc(OC)s1. The van der Waals surface area contributed by atoms with E-state index in [0.29, 0.717) is 10.2 Å². The molecule has 0 spiro atoms. The first-order valence-corrected chi connectivity index (χ1v) is 4.01. The van der Waals surface area contributed by atoms with Crippen LogP contribution < -0.4 is 10.1 Å². The molecule has 4 nitrogen and oxygen atoms in total. The van der Waals surface area contributed by atoms with Gasteiger partial charge in [0.15, 0.2) is 10.2 Å². The van der Waals surface area contributed by atoms with Crippen molar-refractivity contribution in [2.75, 3.05) is 12.4 Å². The zero-order valence-electron chi connectivity index (χ0n) is 6.53. The van der Waals surface area contributed by atoms with E-state index in [1.54, 1.807) is 13.3 Å². The summed E-state index contributed by atoms with van der Waals surface area (Å²) in [6, 6.07) is 0. The van der Waals surface area contributed by atoms with Crippen molar-refractivity contribution in [1.82, 2.24) is 4.98 Å².